The van der Waals surface area contributed by atoms with Crippen LogP contribution in [-0.2, 0) is 4.79 Å². The third kappa shape index (κ3) is 51.9. The van der Waals surface area contributed by atoms with Crippen LogP contribution in [0.25, 0.3) is 0 Å². The molecule has 0 aromatic rings. The van der Waals surface area contributed by atoms with Gasteiger partial charge >= 0.3 is 0 Å². The fourth-order valence-corrected chi connectivity index (χ4v) is 0. The van der Waals surface area contributed by atoms with Crippen LogP contribution in [0.5, 0.6) is 0 Å². The Kier molecular flexibility index (Phi) is 18.0. The summed E-state index contributed by atoms with van der Waals surface area (Å²) in [6.45, 7) is 0. The SMILES string of the molecule is CN=C=O.N. The molecule has 0 fully saturated rings. The summed E-state index contributed by atoms with van der Waals surface area (Å²) in [5, 5.41) is 0. The zero-order valence-corrected chi connectivity index (χ0v) is 3.06. The highest BCUT2D eigenvalue weighted by Gasteiger charge is 1.29. The molecule has 3 heteroatoms. The molecule has 0 heterocycles. The van der Waals surface area contributed by atoms with Gasteiger partial charge in [-0.3, -0.25) is 0 Å². The number of hydrogen-bond acceptors (Lipinski definition) is 3. The topological polar surface area (TPSA) is 64.4 Å². The molecule has 0 aliphatic rings. The minimum atomic E-state index is 0. The molecular weight excluding hydrogens is 68.0 g/mol. The van der Waals surface area contributed by atoms with E-state index in [1.807, 2.05) is 0 Å². The lowest BCUT2D eigenvalue weighted by Crippen LogP contribution is -1.38. The number of nitrogens with zero attached hydrogens (tertiary/aromatic N) is 1. The number of isocyanates is 1. The van der Waals surface area contributed by atoms with Crippen LogP contribution in [0.3, 0.4) is 0 Å². The minimum absolute atomic E-state index is 0. The van der Waals surface area contributed by atoms with Crippen molar-refractivity contribution < 1.29 is 4.79 Å². The summed E-state index contributed by atoms with van der Waals surface area (Å²) in [6, 6.07) is 0. The summed E-state index contributed by atoms with van der Waals surface area (Å²) in [5.41, 5.74) is 0. The summed E-state index contributed by atoms with van der Waals surface area (Å²) >= 11 is 0. The molecule has 0 aliphatic carbocycles. The van der Waals surface area contributed by atoms with Crippen LogP contribution in [0.1, 0.15) is 0 Å². The molecule has 0 amide bonds. The van der Waals surface area contributed by atoms with Gasteiger partial charge in [-0.1, -0.05) is 0 Å². The Morgan fingerprint density at radius 2 is 2.00 bits per heavy atom. The Morgan fingerprint density at radius 3 is 2.00 bits per heavy atom. The van der Waals surface area contributed by atoms with E-state index in [-0.39, 0.29) is 6.15 Å². The first kappa shape index (κ1) is 8.84. The Balaban J connectivity index is 0. The molecule has 0 saturated heterocycles. The van der Waals surface area contributed by atoms with Gasteiger partial charge in [0.2, 0.25) is 6.08 Å². The third-order valence-corrected chi connectivity index (χ3v) is 0.0913. The Bertz CT molecular complexity index is 45.6. The van der Waals surface area contributed by atoms with Gasteiger partial charge in [0, 0.05) is 7.05 Å². The first-order valence-electron chi connectivity index (χ1n) is 0.875. The second-order valence-electron chi connectivity index (χ2n) is 0.315. The number of carbonyl (C=O) groups excluding carboxylic acids is 1. The van der Waals surface area contributed by atoms with Crippen LogP contribution >= 0.6 is 0 Å². The predicted octanol–water partition coefficient (Wildman–Crippen LogP) is 0.114. The molecule has 30 valence electrons. The quantitative estimate of drug-likeness (QED) is 0.327. The molecule has 5 heavy (non-hydrogen) atoms. The summed E-state index contributed by atoms with van der Waals surface area (Å²) in [7, 11) is 1.38. The molecule has 0 spiro atoms. The second kappa shape index (κ2) is 10.2. The zero-order chi connectivity index (χ0) is 3.41. The van der Waals surface area contributed by atoms with Crippen molar-refractivity contribution in [2.24, 2.45) is 4.99 Å². The van der Waals surface area contributed by atoms with Crippen molar-refractivity contribution >= 4 is 6.08 Å². The normalized spacial score (nSPS) is 3.40. The van der Waals surface area contributed by atoms with Crippen LogP contribution in [0.4, 0.5) is 0 Å². The Morgan fingerprint density at radius 1 is 1.80 bits per heavy atom. The van der Waals surface area contributed by atoms with E-state index in [1.54, 1.807) is 0 Å². The van der Waals surface area contributed by atoms with Crippen LogP contribution in [-0.4, -0.2) is 13.1 Å². The first-order chi connectivity index (χ1) is 1.91. The van der Waals surface area contributed by atoms with Gasteiger partial charge < -0.3 is 6.15 Å². The molecule has 0 unspecified atom stereocenters. The van der Waals surface area contributed by atoms with Gasteiger partial charge in [0.05, 0.1) is 0 Å². The maximum atomic E-state index is 8.88. The van der Waals surface area contributed by atoms with Gasteiger partial charge in [0.25, 0.3) is 0 Å². The molecule has 0 saturated carbocycles. The maximum absolute atomic E-state index is 8.88. The monoisotopic (exact) mass is 74.0 g/mol. The number of rotatable bonds is 0. The maximum Gasteiger partial charge on any atom is 0.234 e. The van der Waals surface area contributed by atoms with E-state index >= 15 is 0 Å². The average Bonchev–Trinajstić information content (AvgIpc) is 1.37. The van der Waals surface area contributed by atoms with Crippen LogP contribution in [0.15, 0.2) is 4.99 Å². The minimum Gasteiger partial charge on any atom is -0.344 e. The molecule has 3 N–H and O–H groups in total. The Labute approximate surface area is 30.3 Å². The van der Waals surface area contributed by atoms with Gasteiger partial charge in [-0.2, -0.15) is 0 Å². The lowest BCUT2D eigenvalue weighted by Gasteiger charge is -1.36. The van der Waals surface area contributed by atoms with Crippen LogP contribution < -0.4 is 6.15 Å². The van der Waals surface area contributed by atoms with Gasteiger partial charge in [-0.15, -0.1) is 0 Å². The number of hydrogen-bond donors (Lipinski definition) is 1. The van der Waals surface area contributed by atoms with Crippen molar-refractivity contribution in [1.82, 2.24) is 6.15 Å². The van der Waals surface area contributed by atoms with Crippen molar-refractivity contribution in [2.45, 2.75) is 0 Å². The summed E-state index contributed by atoms with van der Waals surface area (Å²) in [5.74, 6) is 0. The molecule has 0 aliphatic heterocycles. The van der Waals surface area contributed by atoms with Gasteiger partial charge in [0.15, 0.2) is 0 Å². The second-order valence-corrected chi connectivity index (χ2v) is 0.315. The predicted molar refractivity (Wildman–Crippen MR) is 19.1 cm³/mol. The molecule has 0 aromatic heterocycles. The molecule has 0 bridgehead atoms. The third-order valence-electron chi connectivity index (χ3n) is 0.0913. The van der Waals surface area contributed by atoms with E-state index in [1.165, 1.54) is 13.1 Å². The lowest BCUT2D eigenvalue weighted by molar-refractivity contribution is 0.564. The van der Waals surface area contributed by atoms with Crippen LogP contribution in [0.2, 0.25) is 0 Å². The van der Waals surface area contributed by atoms with Gasteiger partial charge in [-0.25, -0.2) is 9.79 Å². The van der Waals surface area contributed by atoms with E-state index in [9.17, 15) is 0 Å². The fourth-order valence-electron chi connectivity index (χ4n) is 0. The van der Waals surface area contributed by atoms with E-state index in [0.717, 1.165) is 0 Å². The van der Waals surface area contributed by atoms with Crippen molar-refractivity contribution in [1.29, 1.82) is 0 Å². The van der Waals surface area contributed by atoms with Crippen molar-refractivity contribution in [3.8, 4) is 0 Å². The molecule has 0 rings (SSSR count). The van der Waals surface area contributed by atoms with E-state index < -0.39 is 0 Å². The zero-order valence-electron chi connectivity index (χ0n) is 3.06. The van der Waals surface area contributed by atoms with Crippen molar-refractivity contribution in [3.63, 3.8) is 0 Å². The van der Waals surface area contributed by atoms with E-state index in [0.29, 0.717) is 0 Å². The van der Waals surface area contributed by atoms with E-state index in [2.05, 4.69) is 4.99 Å². The summed E-state index contributed by atoms with van der Waals surface area (Å²) < 4.78 is 0. The fraction of sp³-hybridized carbons (Fsp3) is 0.500. The lowest BCUT2D eigenvalue weighted by atomic mass is 11.4. The van der Waals surface area contributed by atoms with Gasteiger partial charge in [0.1, 0.15) is 0 Å². The standard InChI is InChI=1S/C2H3NO.H3N/c1-3-2-4;/h1H3;1H3. The molecule has 0 radical (unpaired) electrons. The molecule has 0 atom stereocenters. The smallest absolute Gasteiger partial charge is 0.234 e. The first-order valence-corrected chi connectivity index (χ1v) is 0.875. The molecule has 3 nitrogen and oxygen atoms in total. The average molecular weight is 74.1 g/mol. The highest BCUT2D eigenvalue weighted by Crippen LogP contribution is 1.28. The molecular formula is C2H6N2O. The largest absolute Gasteiger partial charge is 0.344 e. The molecule has 0 aromatic carbocycles. The van der Waals surface area contributed by atoms with Crippen molar-refractivity contribution in [2.75, 3.05) is 7.05 Å². The highest BCUT2D eigenvalue weighted by atomic mass is 16.1. The van der Waals surface area contributed by atoms with Crippen LogP contribution in [0, 0.1) is 0 Å². The summed E-state index contributed by atoms with van der Waals surface area (Å²) in [6.07, 6.45) is 1.31. The number of aliphatic imine (C=N–C) groups is 1. The van der Waals surface area contributed by atoms with E-state index in [4.69, 9.17) is 4.79 Å². The van der Waals surface area contributed by atoms with Gasteiger partial charge in [-0.05, 0) is 0 Å². The highest BCUT2D eigenvalue weighted by molar-refractivity contribution is 5.32. The van der Waals surface area contributed by atoms with Crippen molar-refractivity contribution in [3.05, 3.63) is 0 Å². The summed E-state index contributed by atoms with van der Waals surface area (Å²) in [4.78, 5) is 11.8. The Hall–Kier alpha value is -0.660.